The number of benzene rings is 1. The van der Waals surface area contributed by atoms with Gasteiger partial charge in [-0.25, -0.2) is 13.1 Å². The van der Waals surface area contributed by atoms with Crippen LogP contribution in [0.1, 0.15) is 32.3 Å². The lowest BCUT2D eigenvalue weighted by Gasteiger charge is -2.16. The van der Waals surface area contributed by atoms with Crippen molar-refractivity contribution < 1.29 is 17.9 Å². The maximum Gasteiger partial charge on any atom is 0.240 e. The lowest BCUT2D eigenvalue weighted by atomic mass is 10.0. The van der Waals surface area contributed by atoms with E-state index >= 15 is 0 Å². The lowest BCUT2D eigenvalue weighted by molar-refractivity contribution is 0.180. The molecule has 0 radical (unpaired) electrons. The van der Waals surface area contributed by atoms with Crippen LogP contribution in [0, 0.1) is 0 Å². The predicted octanol–water partition coefficient (Wildman–Crippen LogP) is 2.13. The highest BCUT2D eigenvalue weighted by Gasteiger charge is 2.19. The van der Waals surface area contributed by atoms with Crippen LogP contribution in [0.25, 0.3) is 0 Å². The summed E-state index contributed by atoms with van der Waals surface area (Å²) in [5, 5.41) is 0. The van der Waals surface area contributed by atoms with Crippen molar-refractivity contribution in [2.24, 2.45) is 0 Å². The van der Waals surface area contributed by atoms with E-state index in [0.29, 0.717) is 12.4 Å². The molecule has 0 amide bonds. The molecule has 0 fully saturated rings. The zero-order valence-corrected chi connectivity index (χ0v) is 13.5. The first kappa shape index (κ1) is 16.9. The van der Waals surface area contributed by atoms with Crippen molar-refractivity contribution >= 4 is 10.0 Å². The standard InChI is InChI=1S/C14H23NO4S/c1-10(2)13-8-12(6-7-14(13)19-5)20(16,17)15-11(3)9-18-4/h6-8,10-11,15H,9H2,1-5H3/t11-/m1/s1. The quantitative estimate of drug-likeness (QED) is 0.838. The van der Waals surface area contributed by atoms with Crippen LogP contribution < -0.4 is 9.46 Å². The van der Waals surface area contributed by atoms with Crippen molar-refractivity contribution in [3.8, 4) is 5.75 Å². The number of nitrogens with one attached hydrogen (secondary N) is 1. The normalized spacial score (nSPS) is 13.5. The zero-order valence-electron chi connectivity index (χ0n) is 12.6. The van der Waals surface area contributed by atoms with E-state index < -0.39 is 10.0 Å². The second kappa shape index (κ2) is 7.06. The highest BCUT2D eigenvalue weighted by molar-refractivity contribution is 7.89. The summed E-state index contributed by atoms with van der Waals surface area (Å²) < 4.78 is 37.3. The van der Waals surface area contributed by atoms with E-state index in [1.54, 1.807) is 32.2 Å². The van der Waals surface area contributed by atoms with Crippen molar-refractivity contribution in [3.63, 3.8) is 0 Å². The van der Waals surface area contributed by atoms with E-state index in [9.17, 15) is 8.42 Å². The summed E-state index contributed by atoms with van der Waals surface area (Å²) in [7, 11) is -0.434. The van der Waals surface area contributed by atoms with Crippen LogP contribution in [0.3, 0.4) is 0 Å². The molecule has 0 bridgehead atoms. The molecule has 0 spiro atoms. The fourth-order valence-electron chi connectivity index (χ4n) is 1.95. The van der Waals surface area contributed by atoms with Crippen LogP contribution in [0.2, 0.25) is 0 Å². The largest absolute Gasteiger partial charge is 0.496 e. The van der Waals surface area contributed by atoms with Crippen molar-refractivity contribution in [1.29, 1.82) is 0 Å². The van der Waals surface area contributed by atoms with Gasteiger partial charge in [-0.05, 0) is 36.6 Å². The minimum atomic E-state index is -3.55. The average Bonchev–Trinajstić information content (AvgIpc) is 2.37. The summed E-state index contributed by atoms with van der Waals surface area (Å²) in [6.45, 7) is 6.07. The van der Waals surface area contributed by atoms with Gasteiger partial charge in [0.05, 0.1) is 18.6 Å². The SMILES string of the molecule is COC[C@@H](C)NS(=O)(=O)c1ccc(OC)c(C(C)C)c1. The second-order valence-corrected chi connectivity index (χ2v) is 6.75. The number of hydrogen-bond acceptors (Lipinski definition) is 4. The summed E-state index contributed by atoms with van der Waals surface area (Å²) in [4.78, 5) is 0.241. The Balaban J connectivity index is 3.10. The molecule has 0 saturated heterocycles. The number of rotatable bonds is 7. The third-order valence-corrected chi connectivity index (χ3v) is 4.49. The highest BCUT2D eigenvalue weighted by Crippen LogP contribution is 2.28. The summed E-state index contributed by atoms with van der Waals surface area (Å²) in [5.74, 6) is 0.875. The van der Waals surface area contributed by atoms with E-state index in [4.69, 9.17) is 9.47 Å². The molecule has 0 aliphatic carbocycles. The molecular weight excluding hydrogens is 278 g/mol. The number of sulfonamides is 1. The van der Waals surface area contributed by atoms with Gasteiger partial charge in [0.1, 0.15) is 5.75 Å². The van der Waals surface area contributed by atoms with Gasteiger partial charge in [-0.2, -0.15) is 0 Å². The van der Waals surface area contributed by atoms with Gasteiger partial charge < -0.3 is 9.47 Å². The number of hydrogen-bond donors (Lipinski definition) is 1. The molecule has 0 aromatic heterocycles. The zero-order chi connectivity index (χ0) is 15.3. The summed E-state index contributed by atoms with van der Waals surface area (Å²) in [5.41, 5.74) is 0.870. The molecule has 1 N–H and O–H groups in total. The Hall–Kier alpha value is -1.11. The summed E-state index contributed by atoms with van der Waals surface area (Å²) in [6, 6.07) is 4.61. The molecule has 0 aliphatic rings. The van der Waals surface area contributed by atoms with E-state index in [2.05, 4.69) is 4.72 Å². The second-order valence-electron chi connectivity index (χ2n) is 5.04. The highest BCUT2D eigenvalue weighted by atomic mass is 32.2. The molecule has 6 heteroatoms. The smallest absolute Gasteiger partial charge is 0.240 e. The first-order valence-electron chi connectivity index (χ1n) is 6.51. The molecule has 1 rings (SSSR count). The Morgan fingerprint density at radius 3 is 2.35 bits per heavy atom. The fourth-order valence-corrected chi connectivity index (χ4v) is 3.21. The van der Waals surface area contributed by atoms with E-state index in [1.807, 2.05) is 13.8 Å². The Morgan fingerprint density at radius 2 is 1.85 bits per heavy atom. The lowest BCUT2D eigenvalue weighted by Crippen LogP contribution is -2.35. The van der Waals surface area contributed by atoms with Crippen LogP contribution >= 0.6 is 0 Å². The predicted molar refractivity (Wildman–Crippen MR) is 78.7 cm³/mol. The monoisotopic (exact) mass is 301 g/mol. The van der Waals surface area contributed by atoms with E-state index in [1.165, 1.54) is 7.11 Å². The Bertz CT molecular complexity index is 540. The van der Waals surface area contributed by atoms with Crippen molar-refractivity contribution in [3.05, 3.63) is 23.8 Å². The molecule has 0 unspecified atom stereocenters. The first-order chi connectivity index (χ1) is 9.31. The molecule has 20 heavy (non-hydrogen) atoms. The topological polar surface area (TPSA) is 64.6 Å². The van der Waals surface area contributed by atoms with Crippen LogP contribution in [0.4, 0.5) is 0 Å². The van der Waals surface area contributed by atoms with E-state index in [0.717, 1.165) is 5.56 Å². The van der Waals surface area contributed by atoms with Gasteiger partial charge in [-0.15, -0.1) is 0 Å². The van der Waals surface area contributed by atoms with Crippen molar-refractivity contribution in [2.45, 2.75) is 37.6 Å². The summed E-state index contributed by atoms with van der Waals surface area (Å²) >= 11 is 0. The minimum Gasteiger partial charge on any atom is -0.496 e. The first-order valence-corrected chi connectivity index (χ1v) is 7.99. The summed E-state index contributed by atoms with van der Waals surface area (Å²) in [6.07, 6.45) is 0. The molecule has 114 valence electrons. The third-order valence-electron chi connectivity index (χ3n) is 2.91. The van der Waals surface area contributed by atoms with Crippen LogP contribution in [0.5, 0.6) is 5.75 Å². The van der Waals surface area contributed by atoms with Crippen molar-refractivity contribution in [2.75, 3.05) is 20.8 Å². The number of ether oxygens (including phenoxy) is 2. The van der Waals surface area contributed by atoms with Gasteiger partial charge in [0.15, 0.2) is 0 Å². The average molecular weight is 301 g/mol. The maximum atomic E-state index is 12.3. The Morgan fingerprint density at radius 1 is 1.20 bits per heavy atom. The maximum absolute atomic E-state index is 12.3. The molecule has 0 saturated carbocycles. The molecule has 1 aromatic carbocycles. The molecule has 1 atom stereocenters. The third kappa shape index (κ3) is 4.19. The molecular formula is C14H23NO4S. The molecule has 1 aromatic rings. The van der Waals surface area contributed by atoms with Gasteiger partial charge in [0, 0.05) is 13.2 Å². The fraction of sp³-hybridized carbons (Fsp3) is 0.571. The minimum absolute atomic E-state index is 0.177. The van der Waals surface area contributed by atoms with Crippen LogP contribution in [-0.4, -0.2) is 35.3 Å². The molecule has 0 heterocycles. The van der Waals surface area contributed by atoms with E-state index in [-0.39, 0.29) is 16.9 Å². The van der Waals surface area contributed by atoms with Crippen molar-refractivity contribution in [1.82, 2.24) is 4.72 Å². The number of methoxy groups -OCH3 is 2. The van der Waals surface area contributed by atoms with Crippen LogP contribution in [-0.2, 0) is 14.8 Å². The molecule has 5 nitrogen and oxygen atoms in total. The van der Waals surface area contributed by atoms with Crippen LogP contribution in [0.15, 0.2) is 23.1 Å². The van der Waals surface area contributed by atoms with Gasteiger partial charge in [-0.3, -0.25) is 0 Å². The Kier molecular flexibility index (Phi) is 5.98. The van der Waals surface area contributed by atoms with Gasteiger partial charge in [0.2, 0.25) is 10.0 Å². The van der Waals surface area contributed by atoms with Gasteiger partial charge in [0.25, 0.3) is 0 Å². The van der Waals surface area contributed by atoms with Gasteiger partial charge >= 0.3 is 0 Å². The molecule has 0 aliphatic heterocycles. The van der Waals surface area contributed by atoms with Gasteiger partial charge in [-0.1, -0.05) is 13.8 Å². The Labute approximate surface area is 121 Å².